The lowest BCUT2D eigenvalue weighted by Crippen LogP contribution is -1.87. The van der Waals surface area contributed by atoms with Gasteiger partial charge in [-0.3, -0.25) is 0 Å². The predicted molar refractivity (Wildman–Crippen MR) is 146 cm³/mol. The van der Waals surface area contributed by atoms with Crippen LogP contribution in [0.5, 0.6) is 0 Å². The molecule has 0 amide bonds. The molecule has 152 valence electrons. The maximum absolute atomic E-state index is 2.40. The summed E-state index contributed by atoms with van der Waals surface area (Å²) < 4.78 is 2.73. The van der Waals surface area contributed by atoms with Crippen molar-refractivity contribution in [2.45, 2.75) is 0 Å². The summed E-state index contributed by atoms with van der Waals surface area (Å²) in [5, 5.41) is 13.4. The van der Waals surface area contributed by atoms with E-state index in [0.29, 0.717) is 0 Å². The van der Waals surface area contributed by atoms with E-state index in [4.69, 9.17) is 0 Å². The number of rotatable bonds is 1. The van der Waals surface area contributed by atoms with E-state index in [2.05, 4.69) is 109 Å². The summed E-state index contributed by atoms with van der Waals surface area (Å²) in [4.78, 5) is 0. The van der Waals surface area contributed by atoms with Crippen LogP contribution < -0.4 is 0 Å². The number of hydrogen-bond acceptors (Lipinski definition) is 1. The van der Waals surface area contributed by atoms with Gasteiger partial charge in [0.1, 0.15) is 0 Å². The monoisotopic (exact) mass is 434 g/mol. The number of hydrogen-bond donors (Lipinski definition) is 0. The van der Waals surface area contributed by atoms with E-state index in [0.717, 1.165) is 0 Å². The lowest BCUT2D eigenvalue weighted by Gasteiger charge is -2.14. The van der Waals surface area contributed by atoms with Crippen LogP contribution in [0.3, 0.4) is 0 Å². The second kappa shape index (κ2) is 6.31. The molecular formula is C32H18S. The summed E-state index contributed by atoms with van der Waals surface area (Å²) in [6.45, 7) is 0. The highest BCUT2D eigenvalue weighted by Crippen LogP contribution is 2.43. The molecule has 0 aliphatic rings. The van der Waals surface area contributed by atoms with E-state index in [-0.39, 0.29) is 0 Å². The van der Waals surface area contributed by atoms with Gasteiger partial charge in [0.25, 0.3) is 0 Å². The van der Waals surface area contributed by atoms with Gasteiger partial charge in [-0.1, -0.05) is 97.1 Å². The molecule has 0 saturated carbocycles. The zero-order valence-electron chi connectivity index (χ0n) is 17.8. The minimum atomic E-state index is 1.29. The summed E-state index contributed by atoms with van der Waals surface area (Å²) in [6, 6.07) is 40.5. The average Bonchev–Trinajstić information content (AvgIpc) is 3.26. The number of fused-ring (bicyclic) bond motifs is 5. The molecule has 0 saturated heterocycles. The third-order valence-corrected chi connectivity index (χ3v) is 8.42. The van der Waals surface area contributed by atoms with Crippen molar-refractivity contribution in [1.82, 2.24) is 0 Å². The molecular weight excluding hydrogens is 416 g/mol. The summed E-state index contributed by atoms with van der Waals surface area (Å²) in [6.07, 6.45) is 0. The molecule has 0 atom stereocenters. The van der Waals surface area contributed by atoms with E-state index in [9.17, 15) is 0 Å². The SMILES string of the molecule is c1ccc2c(c1)ccc1c3cc(-c4ccc5ccc6cccc7ccc4c5c67)ccc3sc21. The van der Waals surface area contributed by atoms with Crippen LogP contribution in [0, 0.1) is 0 Å². The van der Waals surface area contributed by atoms with Crippen LogP contribution in [0.15, 0.2) is 109 Å². The van der Waals surface area contributed by atoms with Gasteiger partial charge in [0.2, 0.25) is 0 Å². The fourth-order valence-corrected chi connectivity index (χ4v) is 6.88. The van der Waals surface area contributed by atoms with Gasteiger partial charge >= 0.3 is 0 Å². The van der Waals surface area contributed by atoms with Gasteiger partial charge in [0.05, 0.1) is 0 Å². The van der Waals surface area contributed by atoms with Crippen LogP contribution >= 0.6 is 11.3 Å². The van der Waals surface area contributed by atoms with Crippen LogP contribution in [-0.4, -0.2) is 0 Å². The first-order valence-corrected chi connectivity index (χ1v) is 12.2. The van der Waals surface area contributed by atoms with Gasteiger partial charge in [-0.05, 0) is 66.3 Å². The van der Waals surface area contributed by atoms with Crippen molar-refractivity contribution in [3.05, 3.63) is 109 Å². The second-order valence-corrected chi connectivity index (χ2v) is 10.00. The Morgan fingerprint density at radius 1 is 0.424 bits per heavy atom. The minimum absolute atomic E-state index is 1.29. The van der Waals surface area contributed by atoms with Crippen LogP contribution in [0.2, 0.25) is 0 Å². The van der Waals surface area contributed by atoms with Crippen molar-refractivity contribution >= 4 is 74.6 Å². The van der Waals surface area contributed by atoms with E-state index in [1.807, 2.05) is 11.3 Å². The Labute approximate surface area is 194 Å². The minimum Gasteiger partial charge on any atom is -0.135 e. The maximum atomic E-state index is 2.40. The Bertz CT molecular complexity index is 2010. The lowest BCUT2D eigenvalue weighted by molar-refractivity contribution is 1.72. The Hall–Kier alpha value is -3.94. The molecule has 0 aliphatic heterocycles. The molecule has 0 spiro atoms. The van der Waals surface area contributed by atoms with Crippen molar-refractivity contribution in [3.8, 4) is 11.1 Å². The Morgan fingerprint density at radius 2 is 1.12 bits per heavy atom. The largest absolute Gasteiger partial charge is 0.135 e. The highest BCUT2D eigenvalue weighted by molar-refractivity contribution is 7.26. The lowest BCUT2D eigenvalue weighted by atomic mass is 9.89. The van der Waals surface area contributed by atoms with Crippen LogP contribution in [-0.2, 0) is 0 Å². The van der Waals surface area contributed by atoms with Crippen LogP contribution in [0.4, 0.5) is 0 Å². The van der Waals surface area contributed by atoms with Crippen LogP contribution in [0.25, 0.3) is 74.4 Å². The molecule has 1 aromatic heterocycles. The number of benzene rings is 7. The first kappa shape index (κ1) is 17.6. The Balaban J connectivity index is 1.45. The summed E-state index contributed by atoms with van der Waals surface area (Å²) >= 11 is 1.90. The van der Waals surface area contributed by atoms with E-state index in [1.54, 1.807) is 0 Å². The molecule has 0 aliphatic carbocycles. The second-order valence-electron chi connectivity index (χ2n) is 8.95. The topological polar surface area (TPSA) is 0 Å². The summed E-state index contributed by atoms with van der Waals surface area (Å²) in [5.74, 6) is 0. The highest BCUT2D eigenvalue weighted by Gasteiger charge is 2.14. The smallest absolute Gasteiger partial charge is 0.0433 e. The molecule has 0 nitrogen and oxygen atoms in total. The molecule has 33 heavy (non-hydrogen) atoms. The van der Waals surface area contributed by atoms with E-state index >= 15 is 0 Å². The van der Waals surface area contributed by atoms with Crippen molar-refractivity contribution < 1.29 is 0 Å². The van der Waals surface area contributed by atoms with E-state index in [1.165, 1.54) is 74.4 Å². The molecule has 7 aromatic carbocycles. The van der Waals surface area contributed by atoms with Gasteiger partial charge < -0.3 is 0 Å². The number of thiophene rings is 1. The summed E-state index contributed by atoms with van der Waals surface area (Å²) in [7, 11) is 0. The van der Waals surface area contributed by atoms with Gasteiger partial charge in [0, 0.05) is 20.2 Å². The Morgan fingerprint density at radius 3 is 2.03 bits per heavy atom. The zero-order chi connectivity index (χ0) is 21.5. The highest BCUT2D eigenvalue weighted by atomic mass is 32.1. The molecule has 0 fully saturated rings. The van der Waals surface area contributed by atoms with Crippen LogP contribution in [0.1, 0.15) is 0 Å². The van der Waals surface area contributed by atoms with Gasteiger partial charge in [0.15, 0.2) is 0 Å². The first-order valence-electron chi connectivity index (χ1n) is 11.4. The predicted octanol–water partition coefficient (Wildman–Crippen LogP) is 9.77. The van der Waals surface area contributed by atoms with Crippen molar-refractivity contribution in [3.63, 3.8) is 0 Å². The van der Waals surface area contributed by atoms with Gasteiger partial charge in [-0.2, -0.15) is 0 Å². The maximum Gasteiger partial charge on any atom is 0.0433 e. The Kier molecular flexibility index (Phi) is 3.37. The fourth-order valence-electron chi connectivity index (χ4n) is 5.66. The quantitative estimate of drug-likeness (QED) is 0.226. The van der Waals surface area contributed by atoms with Crippen molar-refractivity contribution in [1.29, 1.82) is 0 Å². The molecule has 8 aromatic rings. The first-order chi connectivity index (χ1) is 16.3. The van der Waals surface area contributed by atoms with Crippen molar-refractivity contribution in [2.75, 3.05) is 0 Å². The normalized spacial score (nSPS) is 12.2. The molecule has 0 radical (unpaired) electrons. The zero-order valence-corrected chi connectivity index (χ0v) is 18.6. The third kappa shape index (κ3) is 2.35. The molecule has 1 heteroatoms. The van der Waals surface area contributed by atoms with Crippen molar-refractivity contribution in [2.24, 2.45) is 0 Å². The standard InChI is InChI=1S/C32H18S/c1-2-7-25-19(4-1)10-16-27-28-18-23(13-17-29(28)33-32(25)27)24-14-11-22-9-8-20-5-3-6-21-12-15-26(24)31(22)30(20)21/h1-18H. The molecule has 0 bridgehead atoms. The third-order valence-electron chi connectivity index (χ3n) is 7.20. The average molecular weight is 435 g/mol. The molecule has 8 rings (SSSR count). The van der Waals surface area contributed by atoms with E-state index < -0.39 is 0 Å². The molecule has 0 N–H and O–H groups in total. The summed E-state index contributed by atoms with van der Waals surface area (Å²) in [5.41, 5.74) is 2.59. The van der Waals surface area contributed by atoms with Gasteiger partial charge in [-0.15, -0.1) is 11.3 Å². The van der Waals surface area contributed by atoms with Gasteiger partial charge in [-0.25, -0.2) is 0 Å². The fraction of sp³-hybridized carbons (Fsp3) is 0. The molecule has 1 heterocycles. The molecule has 0 unspecified atom stereocenters.